The number of carbonyl (C=O) groups is 1. The van der Waals surface area contributed by atoms with Gasteiger partial charge in [0.15, 0.2) is 16.7 Å². The Labute approximate surface area is 173 Å². The number of aromatic nitrogens is 3. The monoisotopic (exact) mass is 410 g/mol. The Balaban J connectivity index is 1.43. The summed E-state index contributed by atoms with van der Waals surface area (Å²) in [6, 6.07) is 13.5. The number of benzene rings is 2. The zero-order valence-electron chi connectivity index (χ0n) is 16.3. The maximum Gasteiger partial charge on any atom is 0.234 e. The number of fused-ring (bicyclic) bond motifs is 1. The molecule has 1 aliphatic rings. The summed E-state index contributed by atoms with van der Waals surface area (Å²) >= 11 is 1.35. The minimum Gasteiger partial charge on any atom is -0.490 e. The molecular formula is C21H22N4O3S. The van der Waals surface area contributed by atoms with Crippen LogP contribution in [0.15, 0.2) is 47.6 Å². The van der Waals surface area contributed by atoms with E-state index in [1.165, 1.54) is 11.8 Å². The van der Waals surface area contributed by atoms with Crippen LogP contribution < -0.4 is 14.8 Å². The molecule has 1 aromatic heterocycles. The van der Waals surface area contributed by atoms with Crippen molar-refractivity contribution in [1.29, 1.82) is 0 Å². The molecule has 0 saturated carbocycles. The lowest BCUT2D eigenvalue weighted by Gasteiger charge is -2.11. The van der Waals surface area contributed by atoms with E-state index in [2.05, 4.69) is 21.6 Å². The van der Waals surface area contributed by atoms with Crippen LogP contribution in [0.4, 0.5) is 5.69 Å². The number of nitrogens with zero attached hydrogens (tertiary/aromatic N) is 3. The van der Waals surface area contributed by atoms with Crippen molar-refractivity contribution in [3.05, 3.63) is 53.9 Å². The van der Waals surface area contributed by atoms with Crippen LogP contribution in [-0.4, -0.2) is 39.6 Å². The first-order valence-electron chi connectivity index (χ1n) is 9.41. The Morgan fingerprint density at radius 1 is 1.10 bits per heavy atom. The lowest BCUT2D eigenvalue weighted by Crippen LogP contribution is -2.14. The van der Waals surface area contributed by atoms with Gasteiger partial charge in [0.1, 0.15) is 5.82 Å². The third-order valence-corrected chi connectivity index (χ3v) is 5.35. The maximum absolute atomic E-state index is 12.5. The Hall–Kier alpha value is -3.00. The van der Waals surface area contributed by atoms with Gasteiger partial charge in [-0.3, -0.25) is 9.36 Å². The van der Waals surface area contributed by atoms with E-state index in [0.717, 1.165) is 23.5 Å². The molecular weight excluding hydrogens is 388 g/mol. The number of hydrogen-bond acceptors (Lipinski definition) is 6. The number of rotatable bonds is 5. The van der Waals surface area contributed by atoms with Crippen LogP contribution in [0.1, 0.15) is 17.8 Å². The molecule has 0 unspecified atom stereocenters. The molecule has 1 amide bonds. The van der Waals surface area contributed by atoms with E-state index in [0.29, 0.717) is 35.6 Å². The first kappa shape index (κ1) is 19.3. The Morgan fingerprint density at radius 3 is 2.76 bits per heavy atom. The predicted octanol–water partition coefficient (Wildman–Crippen LogP) is 3.78. The summed E-state index contributed by atoms with van der Waals surface area (Å²) in [6.07, 6.45) is 0.841. The van der Waals surface area contributed by atoms with Crippen LogP contribution in [0, 0.1) is 13.8 Å². The lowest BCUT2D eigenvalue weighted by molar-refractivity contribution is -0.113. The van der Waals surface area contributed by atoms with E-state index in [-0.39, 0.29) is 11.7 Å². The number of amides is 1. The molecule has 150 valence electrons. The highest BCUT2D eigenvalue weighted by Gasteiger charge is 2.15. The minimum absolute atomic E-state index is 0.124. The number of anilines is 1. The number of aryl methyl sites for hydroxylation is 2. The van der Waals surface area contributed by atoms with Gasteiger partial charge >= 0.3 is 0 Å². The Kier molecular flexibility index (Phi) is 5.71. The van der Waals surface area contributed by atoms with E-state index in [4.69, 9.17) is 9.47 Å². The zero-order chi connectivity index (χ0) is 20.2. The van der Waals surface area contributed by atoms with E-state index in [9.17, 15) is 4.79 Å². The molecule has 1 N–H and O–H groups in total. The molecule has 0 spiro atoms. The van der Waals surface area contributed by atoms with Crippen molar-refractivity contribution >= 4 is 23.4 Å². The molecule has 2 aromatic carbocycles. The number of nitrogens with one attached hydrogen (secondary N) is 1. The molecule has 8 heteroatoms. The van der Waals surface area contributed by atoms with E-state index < -0.39 is 0 Å². The molecule has 3 aromatic rings. The third kappa shape index (κ3) is 4.54. The van der Waals surface area contributed by atoms with Crippen molar-refractivity contribution in [3.8, 4) is 17.2 Å². The second-order valence-electron chi connectivity index (χ2n) is 6.75. The molecule has 0 bridgehead atoms. The molecule has 0 saturated heterocycles. The van der Waals surface area contributed by atoms with Crippen LogP contribution in [0.2, 0.25) is 0 Å². The van der Waals surface area contributed by atoms with Crippen LogP contribution in [0.25, 0.3) is 5.69 Å². The quantitative estimate of drug-likeness (QED) is 0.645. The molecule has 0 fully saturated rings. The summed E-state index contributed by atoms with van der Waals surface area (Å²) in [4.78, 5) is 12.5. The van der Waals surface area contributed by atoms with E-state index in [1.807, 2.05) is 48.7 Å². The fourth-order valence-electron chi connectivity index (χ4n) is 3.07. The van der Waals surface area contributed by atoms with Crippen LogP contribution in [0.3, 0.4) is 0 Å². The topological polar surface area (TPSA) is 78.3 Å². The summed E-state index contributed by atoms with van der Waals surface area (Å²) in [5.74, 6) is 2.24. The Bertz CT molecular complexity index is 1030. The van der Waals surface area contributed by atoms with Crippen molar-refractivity contribution in [2.24, 2.45) is 0 Å². The minimum atomic E-state index is -0.124. The lowest BCUT2D eigenvalue weighted by atomic mass is 10.2. The van der Waals surface area contributed by atoms with E-state index >= 15 is 0 Å². The number of hydrogen-bond donors (Lipinski definition) is 1. The van der Waals surface area contributed by atoms with Crippen molar-refractivity contribution < 1.29 is 14.3 Å². The van der Waals surface area contributed by atoms with Crippen molar-refractivity contribution in [2.45, 2.75) is 25.4 Å². The first-order valence-corrected chi connectivity index (χ1v) is 10.4. The highest BCUT2D eigenvalue weighted by atomic mass is 32.2. The molecule has 0 atom stereocenters. The fraction of sp³-hybridized carbons (Fsp3) is 0.286. The number of ether oxygens (including phenoxy) is 2. The van der Waals surface area contributed by atoms with Gasteiger partial charge in [0.05, 0.1) is 19.0 Å². The van der Waals surface area contributed by atoms with Gasteiger partial charge < -0.3 is 14.8 Å². The van der Waals surface area contributed by atoms with Crippen molar-refractivity contribution in [2.75, 3.05) is 24.3 Å². The standard InChI is InChI=1S/C21H22N4O3S/c1-14-5-3-6-17(11-14)25-15(2)23-24-21(25)29-13-20(26)22-16-7-8-18-19(12-16)28-10-4-9-27-18/h3,5-8,11-12H,4,9-10,13H2,1-2H3,(H,22,26). The third-order valence-electron chi connectivity index (χ3n) is 4.42. The van der Waals surface area contributed by atoms with Crippen LogP contribution >= 0.6 is 11.8 Å². The average molecular weight is 410 g/mol. The van der Waals surface area contributed by atoms with Gasteiger partial charge in [0.25, 0.3) is 0 Å². The van der Waals surface area contributed by atoms with Crippen molar-refractivity contribution in [3.63, 3.8) is 0 Å². The summed E-state index contributed by atoms with van der Waals surface area (Å²) in [6.45, 7) is 5.18. The summed E-state index contributed by atoms with van der Waals surface area (Å²) < 4.78 is 13.3. The normalized spacial score (nSPS) is 13.0. The second kappa shape index (κ2) is 8.57. The number of carbonyl (C=O) groups excluding carboxylic acids is 1. The molecule has 2 heterocycles. The van der Waals surface area contributed by atoms with Gasteiger partial charge in [0.2, 0.25) is 5.91 Å². The van der Waals surface area contributed by atoms with Gasteiger partial charge in [0, 0.05) is 23.9 Å². The van der Waals surface area contributed by atoms with Gasteiger partial charge in [-0.25, -0.2) is 0 Å². The molecule has 1 aliphatic heterocycles. The van der Waals surface area contributed by atoms with Crippen molar-refractivity contribution in [1.82, 2.24) is 14.8 Å². The molecule has 4 rings (SSSR count). The fourth-order valence-corrected chi connectivity index (χ4v) is 3.87. The second-order valence-corrected chi connectivity index (χ2v) is 7.70. The van der Waals surface area contributed by atoms with E-state index in [1.54, 1.807) is 6.07 Å². The van der Waals surface area contributed by atoms with Gasteiger partial charge in [-0.05, 0) is 43.7 Å². The molecule has 0 aliphatic carbocycles. The average Bonchev–Trinajstić information content (AvgIpc) is 2.92. The highest BCUT2D eigenvalue weighted by Crippen LogP contribution is 2.32. The SMILES string of the molecule is Cc1cccc(-n2c(C)nnc2SCC(=O)Nc2ccc3c(c2)OCCCO3)c1. The van der Waals surface area contributed by atoms with Gasteiger partial charge in [-0.2, -0.15) is 0 Å². The van der Waals surface area contributed by atoms with Gasteiger partial charge in [-0.1, -0.05) is 23.9 Å². The predicted molar refractivity (Wildman–Crippen MR) is 112 cm³/mol. The smallest absolute Gasteiger partial charge is 0.234 e. The Morgan fingerprint density at radius 2 is 1.93 bits per heavy atom. The molecule has 7 nitrogen and oxygen atoms in total. The summed E-state index contributed by atoms with van der Waals surface area (Å²) in [5.41, 5.74) is 2.81. The summed E-state index contributed by atoms with van der Waals surface area (Å²) in [7, 11) is 0. The zero-order valence-corrected chi connectivity index (χ0v) is 17.2. The van der Waals surface area contributed by atoms with Crippen LogP contribution in [-0.2, 0) is 4.79 Å². The summed E-state index contributed by atoms with van der Waals surface area (Å²) in [5, 5.41) is 12.0. The highest BCUT2D eigenvalue weighted by molar-refractivity contribution is 7.99. The molecule has 29 heavy (non-hydrogen) atoms. The first-order chi connectivity index (χ1) is 14.1. The van der Waals surface area contributed by atoms with Crippen LogP contribution in [0.5, 0.6) is 11.5 Å². The molecule has 0 radical (unpaired) electrons. The maximum atomic E-state index is 12.5. The number of thioether (sulfide) groups is 1. The van der Waals surface area contributed by atoms with Gasteiger partial charge in [-0.15, -0.1) is 10.2 Å². The largest absolute Gasteiger partial charge is 0.490 e.